The first-order valence-electron chi connectivity index (χ1n) is 8.99. The molecule has 0 aliphatic carbocycles. The number of aliphatic carboxylic acids is 1. The Hall–Kier alpha value is -3.39. The summed E-state index contributed by atoms with van der Waals surface area (Å²) >= 11 is 0. The van der Waals surface area contributed by atoms with E-state index in [1.807, 2.05) is 6.08 Å². The van der Waals surface area contributed by atoms with Crippen LogP contribution in [0.4, 0.5) is 0 Å². The summed E-state index contributed by atoms with van der Waals surface area (Å²) in [4.78, 5) is 9.00. The molecule has 0 saturated heterocycles. The molecule has 132 valence electrons. The van der Waals surface area contributed by atoms with E-state index in [-0.39, 0.29) is 0 Å². The molecule has 0 aliphatic rings. The molecule has 0 fully saturated rings. The lowest BCUT2D eigenvalue weighted by molar-refractivity contribution is -0.134. The van der Waals surface area contributed by atoms with Crippen LogP contribution in [0.15, 0.2) is 79.4 Å². The van der Waals surface area contributed by atoms with Gasteiger partial charge < -0.3 is 5.11 Å². The monoisotopic (exact) mass is 352 g/mol. The van der Waals surface area contributed by atoms with E-state index < -0.39 is 5.97 Å². The first kappa shape index (κ1) is 17.0. The van der Waals surface area contributed by atoms with E-state index >= 15 is 0 Å². The Balaban J connectivity index is 0.000000413. The molecule has 0 atom stereocenters. The van der Waals surface area contributed by atoms with E-state index in [4.69, 9.17) is 9.90 Å². The number of carboxylic acid groups (broad SMARTS) is 1. The molecule has 2 heteroatoms. The SMILES string of the molecule is C=CCc1ccc2ccc3cccc4c5ccccc5c1c2c34.CC(=O)O. The number of hydrogen-bond donors (Lipinski definition) is 1. The van der Waals surface area contributed by atoms with Crippen LogP contribution in [0.5, 0.6) is 0 Å². The Labute approximate surface area is 157 Å². The largest absolute Gasteiger partial charge is 0.481 e. The van der Waals surface area contributed by atoms with Crippen molar-refractivity contribution < 1.29 is 9.90 Å². The van der Waals surface area contributed by atoms with Gasteiger partial charge in [-0.2, -0.15) is 0 Å². The molecule has 0 amide bonds. The molecule has 5 rings (SSSR count). The van der Waals surface area contributed by atoms with Crippen LogP contribution in [0.2, 0.25) is 0 Å². The fourth-order valence-corrected chi connectivity index (χ4v) is 4.03. The van der Waals surface area contributed by atoms with Crippen LogP contribution in [-0.4, -0.2) is 11.1 Å². The van der Waals surface area contributed by atoms with Gasteiger partial charge in [-0.1, -0.05) is 72.8 Å². The molecule has 0 aromatic heterocycles. The summed E-state index contributed by atoms with van der Waals surface area (Å²) in [7, 11) is 0. The number of carbonyl (C=O) groups is 1. The van der Waals surface area contributed by atoms with Gasteiger partial charge in [0.1, 0.15) is 0 Å². The van der Waals surface area contributed by atoms with Crippen molar-refractivity contribution in [1.82, 2.24) is 0 Å². The summed E-state index contributed by atoms with van der Waals surface area (Å²) in [6, 6.07) is 24.4. The normalized spacial score (nSPS) is 11.0. The Morgan fingerprint density at radius 2 is 1.37 bits per heavy atom. The molecule has 0 spiro atoms. The van der Waals surface area contributed by atoms with Gasteiger partial charge in [-0.3, -0.25) is 4.79 Å². The predicted molar refractivity (Wildman–Crippen MR) is 115 cm³/mol. The Morgan fingerprint density at radius 3 is 2.07 bits per heavy atom. The fourth-order valence-electron chi connectivity index (χ4n) is 4.03. The summed E-state index contributed by atoms with van der Waals surface area (Å²) < 4.78 is 0. The summed E-state index contributed by atoms with van der Waals surface area (Å²) in [5, 5.41) is 18.3. The van der Waals surface area contributed by atoms with E-state index in [2.05, 4.69) is 73.3 Å². The number of carboxylic acids is 1. The smallest absolute Gasteiger partial charge is 0.300 e. The van der Waals surface area contributed by atoms with Gasteiger partial charge in [-0.25, -0.2) is 0 Å². The van der Waals surface area contributed by atoms with E-state index in [1.54, 1.807) is 0 Å². The van der Waals surface area contributed by atoms with Crippen molar-refractivity contribution in [3.8, 4) is 0 Å². The van der Waals surface area contributed by atoms with Gasteiger partial charge in [0, 0.05) is 6.92 Å². The maximum Gasteiger partial charge on any atom is 0.300 e. The molecule has 27 heavy (non-hydrogen) atoms. The summed E-state index contributed by atoms with van der Waals surface area (Å²) in [5.74, 6) is -0.833. The van der Waals surface area contributed by atoms with Gasteiger partial charge in [0.05, 0.1) is 0 Å². The lowest BCUT2D eigenvalue weighted by atomic mass is 9.87. The summed E-state index contributed by atoms with van der Waals surface area (Å²) in [6.07, 6.45) is 2.90. The molecule has 0 saturated carbocycles. The Bertz CT molecular complexity index is 1290. The Kier molecular flexibility index (Phi) is 4.25. The van der Waals surface area contributed by atoms with Crippen LogP contribution >= 0.6 is 0 Å². The molecule has 0 bridgehead atoms. The second-order valence-corrected chi connectivity index (χ2v) is 6.72. The second-order valence-electron chi connectivity index (χ2n) is 6.72. The zero-order chi connectivity index (χ0) is 19.0. The zero-order valence-corrected chi connectivity index (χ0v) is 15.2. The van der Waals surface area contributed by atoms with Crippen molar-refractivity contribution >= 4 is 49.1 Å². The minimum atomic E-state index is -0.833. The third kappa shape index (κ3) is 2.80. The van der Waals surface area contributed by atoms with Gasteiger partial charge >= 0.3 is 0 Å². The maximum atomic E-state index is 9.00. The molecule has 0 unspecified atom stereocenters. The standard InChI is InChI=1S/C23H16.C2H4O2/c1-2-6-15-11-13-17-14-12-16-7-5-10-20-18-8-3-4-9-19(18)21(15)23(17)22(16)20;1-2(3)4/h2-5,7-14H,1,6H2;1H3,(H,3,4). The van der Waals surface area contributed by atoms with Gasteiger partial charge in [-0.05, 0) is 55.1 Å². The van der Waals surface area contributed by atoms with Crippen molar-refractivity contribution in [3.63, 3.8) is 0 Å². The molecule has 0 aliphatic heterocycles. The second kappa shape index (κ2) is 6.73. The zero-order valence-electron chi connectivity index (χ0n) is 15.2. The first-order valence-corrected chi connectivity index (χ1v) is 8.99. The van der Waals surface area contributed by atoms with Crippen LogP contribution in [0, 0.1) is 0 Å². The topological polar surface area (TPSA) is 37.3 Å². The first-order chi connectivity index (χ1) is 13.1. The van der Waals surface area contributed by atoms with E-state index in [1.165, 1.54) is 48.7 Å². The minimum Gasteiger partial charge on any atom is -0.481 e. The lowest BCUT2D eigenvalue weighted by Crippen LogP contribution is -1.91. The number of rotatable bonds is 2. The summed E-state index contributed by atoms with van der Waals surface area (Å²) in [5.41, 5.74) is 1.36. The van der Waals surface area contributed by atoms with Gasteiger partial charge in [0.15, 0.2) is 0 Å². The number of allylic oxidation sites excluding steroid dienone is 1. The van der Waals surface area contributed by atoms with E-state index in [0.29, 0.717) is 0 Å². The molecule has 5 aromatic carbocycles. The highest BCUT2D eigenvalue weighted by atomic mass is 16.4. The highest BCUT2D eigenvalue weighted by molar-refractivity contribution is 6.34. The molecule has 2 nitrogen and oxygen atoms in total. The molecular weight excluding hydrogens is 332 g/mol. The maximum absolute atomic E-state index is 9.00. The predicted octanol–water partition coefficient (Wildman–Crippen LogP) is 6.56. The Morgan fingerprint density at radius 1 is 0.815 bits per heavy atom. The third-order valence-corrected chi connectivity index (χ3v) is 4.96. The quantitative estimate of drug-likeness (QED) is 0.222. The molecule has 1 N–H and O–H groups in total. The minimum absolute atomic E-state index is 0.833. The van der Waals surface area contributed by atoms with Crippen LogP contribution < -0.4 is 0 Å². The van der Waals surface area contributed by atoms with Crippen LogP contribution in [0.1, 0.15) is 12.5 Å². The van der Waals surface area contributed by atoms with Gasteiger partial charge in [0.2, 0.25) is 0 Å². The molecule has 5 aromatic rings. The highest BCUT2D eigenvalue weighted by Gasteiger charge is 2.14. The number of hydrogen-bond acceptors (Lipinski definition) is 1. The molecule has 0 heterocycles. The molecular formula is C25H20O2. The fraction of sp³-hybridized carbons (Fsp3) is 0.0800. The van der Waals surface area contributed by atoms with E-state index in [9.17, 15) is 0 Å². The van der Waals surface area contributed by atoms with Gasteiger partial charge in [-0.15, -0.1) is 6.58 Å². The average Bonchev–Trinajstić information content (AvgIpc) is 2.67. The number of benzene rings is 5. The number of fused-ring (bicyclic) bond motifs is 3. The van der Waals surface area contributed by atoms with Crippen molar-refractivity contribution in [2.24, 2.45) is 0 Å². The van der Waals surface area contributed by atoms with Gasteiger partial charge in [0.25, 0.3) is 5.97 Å². The van der Waals surface area contributed by atoms with Crippen molar-refractivity contribution in [1.29, 1.82) is 0 Å². The molecule has 0 radical (unpaired) electrons. The highest BCUT2D eigenvalue weighted by Crippen LogP contribution is 2.41. The van der Waals surface area contributed by atoms with Crippen LogP contribution in [0.25, 0.3) is 43.1 Å². The lowest BCUT2D eigenvalue weighted by Gasteiger charge is -2.17. The third-order valence-electron chi connectivity index (χ3n) is 4.96. The summed E-state index contributed by atoms with van der Waals surface area (Å²) in [6.45, 7) is 5.03. The van der Waals surface area contributed by atoms with Crippen molar-refractivity contribution in [3.05, 3.63) is 84.9 Å². The van der Waals surface area contributed by atoms with Crippen molar-refractivity contribution in [2.75, 3.05) is 0 Å². The van der Waals surface area contributed by atoms with Crippen LogP contribution in [0.3, 0.4) is 0 Å². The van der Waals surface area contributed by atoms with E-state index in [0.717, 1.165) is 13.3 Å². The van der Waals surface area contributed by atoms with Crippen LogP contribution in [-0.2, 0) is 11.2 Å². The van der Waals surface area contributed by atoms with Crippen molar-refractivity contribution in [2.45, 2.75) is 13.3 Å². The average molecular weight is 352 g/mol.